The minimum atomic E-state index is -5.76. The van der Waals surface area contributed by atoms with Crippen LogP contribution in [0.25, 0.3) is 22.6 Å². The Morgan fingerprint density at radius 1 is 1.12 bits per heavy atom. The number of hydrogen-bond donors (Lipinski definition) is 2. The molecule has 0 radical (unpaired) electrons. The number of nitrogens with one attached hydrogen (secondary N) is 1. The molecule has 16 heteroatoms. The number of nitrogen functional groups attached to an aromatic ring is 1. The molecule has 4 aromatic rings. The van der Waals surface area contributed by atoms with Gasteiger partial charge in [-0.1, -0.05) is 12.1 Å². The summed E-state index contributed by atoms with van der Waals surface area (Å²) in [5, 5.41) is 6.68. The van der Waals surface area contributed by atoms with E-state index in [4.69, 9.17) is 15.2 Å². The van der Waals surface area contributed by atoms with E-state index in [1.165, 1.54) is 0 Å². The van der Waals surface area contributed by atoms with Gasteiger partial charge in [-0.25, -0.2) is 24.0 Å². The Labute approximate surface area is 240 Å². The number of halogens is 6. The van der Waals surface area contributed by atoms with E-state index in [9.17, 15) is 31.1 Å². The molecule has 1 aromatic carbocycles. The topological polar surface area (TPSA) is 130 Å². The minimum absolute atomic E-state index is 0.0475. The van der Waals surface area contributed by atoms with Crippen LogP contribution in [0.4, 0.5) is 38.0 Å². The van der Waals surface area contributed by atoms with Crippen LogP contribution >= 0.6 is 0 Å². The average Bonchev–Trinajstić information content (AvgIpc) is 3.43. The predicted molar refractivity (Wildman–Crippen MR) is 142 cm³/mol. The lowest BCUT2D eigenvalue weighted by Gasteiger charge is -2.22. The summed E-state index contributed by atoms with van der Waals surface area (Å²) in [4.78, 5) is 25.5. The SMILES string of the molecule is COc1ccc(COCCC2(C)C(=O)Nc3nc(-c4nn(CCC(F)(F)C(F)(F)F)c5ncc(F)cc45)nc(N)c32)cc1. The summed E-state index contributed by atoms with van der Waals surface area (Å²) in [5.41, 5.74) is 5.96. The van der Waals surface area contributed by atoms with Gasteiger partial charge in [-0.2, -0.15) is 27.1 Å². The summed E-state index contributed by atoms with van der Waals surface area (Å²) in [7, 11) is 1.56. The number of carbonyl (C=O) groups is 1. The molecule has 1 amide bonds. The molecule has 0 fully saturated rings. The number of rotatable bonds is 10. The van der Waals surface area contributed by atoms with Crippen molar-refractivity contribution < 1.29 is 40.6 Å². The average molecular weight is 610 g/mol. The van der Waals surface area contributed by atoms with Crippen LogP contribution < -0.4 is 15.8 Å². The third kappa shape index (κ3) is 5.66. The maximum Gasteiger partial charge on any atom is 0.453 e. The highest BCUT2D eigenvalue weighted by atomic mass is 19.4. The number of ether oxygens (including phenoxy) is 2. The molecular formula is C27H25F6N7O3. The lowest BCUT2D eigenvalue weighted by Crippen LogP contribution is -2.37. The molecule has 1 atom stereocenters. The molecule has 228 valence electrons. The van der Waals surface area contributed by atoms with Gasteiger partial charge in [0.25, 0.3) is 0 Å². The van der Waals surface area contributed by atoms with Gasteiger partial charge < -0.3 is 20.5 Å². The van der Waals surface area contributed by atoms with E-state index in [1.807, 2.05) is 12.1 Å². The van der Waals surface area contributed by atoms with E-state index in [0.29, 0.717) is 11.3 Å². The molecule has 1 aliphatic heterocycles. The molecule has 10 nitrogen and oxygen atoms in total. The largest absolute Gasteiger partial charge is 0.497 e. The molecule has 4 heterocycles. The number of aryl methyl sites for hydroxylation is 1. The number of pyridine rings is 1. The van der Waals surface area contributed by atoms with E-state index in [0.717, 1.165) is 22.5 Å². The van der Waals surface area contributed by atoms with Crippen molar-refractivity contribution >= 4 is 28.6 Å². The van der Waals surface area contributed by atoms with Gasteiger partial charge in [0.1, 0.15) is 28.9 Å². The number of fused-ring (bicyclic) bond motifs is 2. The molecule has 43 heavy (non-hydrogen) atoms. The standard InChI is InChI=1S/C27H25F6N7O3/c1-25(8-10-43-13-14-3-5-16(42-2)6-4-14)18-20(34)36-22(37-21(18)38-24(25)41)19-17-11-15(28)12-35-23(17)40(39-19)9-7-26(29,30)27(31,32)33/h3-6,11-12H,7-10,13H2,1-2H3,(H3,34,36,37,38,41). The first kappa shape index (κ1) is 30.0. The highest BCUT2D eigenvalue weighted by Gasteiger charge is 2.56. The summed E-state index contributed by atoms with van der Waals surface area (Å²) < 4.78 is 91.2. The zero-order valence-corrected chi connectivity index (χ0v) is 22.8. The first-order valence-electron chi connectivity index (χ1n) is 12.9. The van der Waals surface area contributed by atoms with Gasteiger partial charge in [-0.15, -0.1) is 0 Å². The first-order valence-corrected chi connectivity index (χ1v) is 12.9. The van der Waals surface area contributed by atoms with Crippen LogP contribution in [-0.2, 0) is 28.1 Å². The van der Waals surface area contributed by atoms with Crippen molar-refractivity contribution in [1.82, 2.24) is 24.7 Å². The fourth-order valence-electron chi connectivity index (χ4n) is 4.75. The Morgan fingerprint density at radius 2 is 1.84 bits per heavy atom. The van der Waals surface area contributed by atoms with E-state index >= 15 is 0 Å². The number of nitrogens with two attached hydrogens (primary N) is 1. The normalized spacial score (nSPS) is 16.9. The Hall–Kier alpha value is -4.47. The molecule has 1 aliphatic rings. The van der Waals surface area contributed by atoms with Crippen molar-refractivity contribution in [3.63, 3.8) is 0 Å². The minimum Gasteiger partial charge on any atom is -0.497 e. The maximum atomic E-state index is 14.1. The van der Waals surface area contributed by atoms with Crippen molar-refractivity contribution in [3.8, 4) is 17.3 Å². The molecule has 0 spiro atoms. The van der Waals surface area contributed by atoms with E-state index in [2.05, 4.69) is 25.4 Å². The number of anilines is 2. The molecular weight excluding hydrogens is 584 g/mol. The number of aromatic nitrogens is 5. The zero-order valence-electron chi connectivity index (χ0n) is 22.8. The van der Waals surface area contributed by atoms with Gasteiger partial charge >= 0.3 is 12.1 Å². The summed E-state index contributed by atoms with van der Waals surface area (Å²) >= 11 is 0. The van der Waals surface area contributed by atoms with Crippen molar-refractivity contribution in [2.45, 2.75) is 50.4 Å². The lowest BCUT2D eigenvalue weighted by molar-refractivity contribution is -0.285. The fraction of sp³-hybridized carbons (Fsp3) is 0.370. The Balaban J connectivity index is 1.40. The van der Waals surface area contributed by atoms with Crippen LogP contribution in [-0.4, -0.2) is 56.5 Å². The second-order valence-electron chi connectivity index (χ2n) is 10.1. The van der Waals surface area contributed by atoms with Crippen molar-refractivity contribution in [1.29, 1.82) is 0 Å². The van der Waals surface area contributed by atoms with Crippen LogP contribution in [0, 0.1) is 5.82 Å². The van der Waals surface area contributed by atoms with Gasteiger partial charge in [0.2, 0.25) is 5.91 Å². The monoisotopic (exact) mass is 609 g/mol. The van der Waals surface area contributed by atoms with Crippen LogP contribution in [0.3, 0.4) is 0 Å². The molecule has 3 aromatic heterocycles. The second kappa shape index (κ2) is 11.0. The number of benzene rings is 1. The van der Waals surface area contributed by atoms with Crippen molar-refractivity contribution in [2.75, 3.05) is 24.8 Å². The third-order valence-electron chi connectivity index (χ3n) is 7.21. The second-order valence-corrected chi connectivity index (χ2v) is 10.1. The molecule has 5 rings (SSSR count). The van der Waals surface area contributed by atoms with Crippen LogP contribution in [0.1, 0.15) is 30.9 Å². The fourth-order valence-corrected chi connectivity index (χ4v) is 4.75. The summed E-state index contributed by atoms with van der Waals surface area (Å²) in [6.07, 6.45) is -6.41. The highest BCUT2D eigenvalue weighted by Crippen LogP contribution is 2.43. The Morgan fingerprint density at radius 3 is 2.51 bits per heavy atom. The van der Waals surface area contributed by atoms with Crippen LogP contribution in [0.15, 0.2) is 36.5 Å². The molecule has 0 saturated heterocycles. The van der Waals surface area contributed by atoms with Gasteiger partial charge in [-0.05, 0) is 37.1 Å². The molecule has 1 unspecified atom stereocenters. The van der Waals surface area contributed by atoms with Gasteiger partial charge in [-0.3, -0.25) is 4.79 Å². The van der Waals surface area contributed by atoms with Crippen LogP contribution in [0.2, 0.25) is 0 Å². The van der Waals surface area contributed by atoms with Crippen molar-refractivity contribution in [2.24, 2.45) is 0 Å². The van der Waals surface area contributed by atoms with Gasteiger partial charge in [0, 0.05) is 19.6 Å². The molecule has 0 aliphatic carbocycles. The number of hydrogen-bond acceptors (Lipinski definition) is 8. The zero-order chi connectivity index (χ0) is 31.2. The highest BCUT2D eigenvalue weighted by molar-refractivity contribution is 6.06. The lowest BCUT2D eigenvalue weighted by atomic mass is 9.81. The van der Waals surface area contributed by atoms with Gasteiger partial charge in [0.15, 0.2) is 11.5 Å². The predicted octanol–water partition coefficient (Wildman–Crippen LogP) is 5.02. The number of amides is 1. The number of nitrogens with zero attached hydrogens (tertiary/aromatic N) is 5. The van der Waals surface area contributed by atoms with E-state index in [1.54, 1.807) is 26.2 Å². The van der Waals surface area contributed by atoms with E-state index < -0.39 is 42.2 Å². The summed E-state index contributed by atoms with van der Waals surface area (Å²) in [5.74, 6) is -5.80. The molecule has 3 N–H and O–H groups in total. The maximum absolute atomic E-state index is 14.1. The third-order valence-corrected chi connectivity index (χ3v) is 7.21. The summed E-state index contributed by atoms with van der Waals surface area (Å²) in [6, 6.07) is 8.26. The van der Waals surface area contributed by atoms with Gasteiger partial charge in [0.05, 0.1) is 36.3 Å². The quantitative estimate of drug-likeness (QED) is 0.189. The number of carbonyl (C=O) groups excluding carboxylic acids is 1. The Kier molecular flexibility index (Phi) is 7.66. The molecule has 0 saturated carbocycles. The first-order chi connectivity index (χ1) is 20.2. The molecule has 0 bridgehead atoms. The number of alkyl halides is 5. The van der Waals surface area contributed by atoms with E-state index in [-0.39, 0.29) is 53.8 Å². The smallest absolute Gasteiger partial charge is 0.453 e. The van der Waals surface area contributed by atoms with Crippen molar-refractivity contribution in [3.05, 3.63) is 53.5 Å². The Bertz CT molecular complexity index is 1680. The summed E-state index contributed by atoms with van der Waals surface area (Å²) in [6.45, 7) is 1.22. The van der Waals surface area contributed by atoms with Crippen LogP contribution in [0.5, 0.6) is 5.75 Å². The number of methoxy groups -OCH3 is 1.